The number of nitrogens with one attached hydrogen (secondary N) is 1. The van der Waals surface area contributed by atoms with E-state index in [0.29, 0.717) is 12.2 Å². The van der Waals surface area contributed by atoms with Gasteiger partial charge in [-0.3, -0.25) is 9.48 Å². The normalized spacial score (nSPS) is 13.0. The molecule has 5 heteroatoms. The molecule has 2 aromatic rings. The molecule has 0 aliphatic carbocycles. The van der Waals surface area contributed by atoms with Gasteiger partial charge in [0.15, 0.2) is 0 Å². The number of anilines is 1. The fourth-order valence-electron chi connectivity index (χ4n) is 1.90. The number of hydrogen-bond acceptors (Lipinski definition) is 3. The Labute approximate surface area is 125 Å². The number of hydrogen-bond donors (Lipinski definition) is 2. The summed E-state index contributed by atoms with van der Waals surface area (Å²) in [5.74, 6) is -0.193. The summed E-state index contributed by atoms with van der Waals surface area (Å²) in [6, 6.07) is 9.47. The molecule has 5 nitrogen and oxygen atoms in total. The van der Waals surface area contributed by atoms with Gasteiger partial charge in [-0.05, 0) is 11.0 Å². The summed E-state index contributed by atoms with van der Waals surface area (Å²) in [7, 11) is 0. The minimum Gasteiger partial charge on any atom is -0.322 e. The Kier molecular flexibility index (Phi) is 4.43. The van der Waals surface area contributed by atoms with E-state index in [1.165, 1.54) is 0 Å². The quantitative estimate of drug-likeness (QED) is 0.905. The predicted molar refractivity (Wildman–Crippen MR) is 83.8 cm³/mol. The molecule has 21 heavy (non-hydrogen) atoms. The highest BCUT2D eigenvalue weighted by Crippen LogP contribution is 2.18. The van der Waals surface area contributed by atoms with Crippen LogP contribution in [0.2, 0.25) is 0 Å². The zero-order chi connectivity index (χ0) is 15.5. The molecule has 3 N–H and O–H groups in total. The van der Waals surface area contributed by atoms with Crippen LogP contribution >= 0.6 is 0 Å². The maximum absolute atomic E-state index is 12.1. The van der Waals surface area contributed by atoms with Crippen molar-refractivity contribution in [3.05, 3.63) is 48.3 Å². The highest BCUT2D eigenvalue weighted by Gasteiger charge is 2.27. The van der Waals surface area contributed by atoms with Crippen molar-refractivity contribution in [3.63, 3.8) is 0 Å². The van der Waals surface area contributed by atoms with Crippen molar-refractivity contribution in [1.29, 1.82) is 0 Å². The fourth-order valence-corrected chi connectivity index (χ4v) is 1.90. The SMILES string of the molecule is CC(C)(C)[C@@H](N)C(=O)Nc1cnn(Cc2ccccc2)c1. The molecule has 2 rings (SSSR count). The number of benzene rings is 1. The van der Waals surface area contributed by atoms with Gasteiger partial charge in [-0.25, -0.2) is 0 Å². The van der Waals surface area contributed by atoms with E-state index in [-0.39, 0.29) is 11.3 Å². The second-order valence-corrected chi connectivity index (χ2v) is 6.25. The van der Waals surface area contributed by atoms with E-state index in [0.717, 1.165) is 5.56 Å². The van der Waals surface area contributed by atoms with E-state index in [2.05, 4.69) is 10.4 Å². The van der Waals surface area contributed by atoms with Gasteiger partial charge in [0.1, 0.15) is 0 Å². The third kappa shape index (κ3) is 4.16. The van der Waals surface area contributed by atoms with E-state index in [1.54, 1.807) is 17.1 Å². The molecule has 0 aliphatic heterocycles. The summed E-state index contributed by atoms with van der Waals surface area (Å²) >= 11 is 0. The largest absolute Gasteiger partial charge is 0.322 e. The van der Waals surface area contributed by atoms with Gasteiger partial charge >= 0.3 is 0 Å². The van der Waals surface area contributed by atoms with E-state index in [9.17, 15) is 4.79 Å². The molecule has 0 saturated heterocycles. The number of nitrogens with two attached hydrogens (primary N) is 1. The summed E-state index contributed by atoms with van der Waals surface area (Å²) < 4.78 is 1.79. The maximum atomic E-state index is 12.1. The lowest BCUT2D eigenvalue weighted by atomic mass is 9.87. The van der Waals surface area contributed by atoms with Gasteiger partial charge in [0, 0.05) is 6.20 Å². The van der Waals surface area contributed by atoms with Gasteiger partial charge in [-0.15, -0.1) is 0 Å². The summed E-state index contributed by atoms with van der Waals surface area (Å²) in [5.41, 5.74) is 7.48. The van der Waals surface area contributed by atoms with Gasteiger partial charge < -0.3 is 11.1 Å². The van der Waals surface area contributed by atoms with Crippen LogP contribution in [0.4, 0.5) is 5.69 Å². The first kappa shape index (κ1) is 15.3. The minimum atomic E-state index is -0.560. The second kappa shape index (κ2) is 6.10. The van der Waals surface area contributed by atoms with E-state index < -0.39 is 6.04 Å². The minimum absolute atomic E-state index is 0.193. The van der Waals surface area contributed by atoms with Gasteiger partial charge in [-0.1, -0.05) is 51.1 Å². The van der Waals surface area contributed by atoms with Gasteiger partial charge in [0.05, 0.1) is 24.5 Å². The monoisotopic (exact) mass is 286 g/mol. The fraction of sp³-hybridized carbons (Fsp3) is 0.375. The molecule has 0 unspecified atom stereocenters. The molecule has 1 aromatic heterocycles. The Balaban J connectivity index is 1.99. The molecule has 1 amide bonds. The first-order valence-corrected chi connectivity index (χ1v) is 6.99. The van der Waals surface area contributed by atoms with Gasteiger partial charge in [0.25, 0.3) is 0 Å². The van der Waals surface area contributed by atoms with Crippen LogP contribution in [0, 0.1) is 5.41 Å². The van der Waals surface area contributed by atoms with Crippen molar-refractivity contribution < 1.29 is 4.79 Å². The van der Waals surface area contributed by atoms with E-state index in [1.807, 2.05) is 51.1 Å². The van der Waals surface area contributed by atoms with Crippen LogP contribution in [0.15, 0.2) is 42.7 Å². The molecule has 0 spiro atoms. The molecule has 1 aromatic carbocycles. The summed E-state index contributed by atoms with van der Waals surface area (Å²) in [6.45, 7) is 6.49. The molecule has 0 aliphatic rings. The van der Waals surface area contributed by atoms with E-state index >= 15 is 0 Å². The molecule has 1 atom stereocenters. The van der Waals surface area contributed by atoms with Crippen LogP contribution in [-0.2, 0) is 11.3 Å². The van der Waals surface area contributed by atoms with Crippen molar-refractivity contribution in [2.45, 2.75) is 33.4 Å². The standard InChI is InChI=1S/C16H22N4O/c1-16(2,3)14(17)15(21)19-13-9-18-20(11-13)10-12-7-5-4-6-8-12/h4-9,11,14H,10,17H2,1-3H3,(H,19,21)/t14-/m0/s1. The lowest BCUT2D eigenvalue weighted by molar-refractivity contribution is -0.119. The lowest BCUT2D eigenvalue weighted by Gasteiger charge is -2.25. The van der Waals surface area contributed by atoms with Crippen molar-refractivity contribution in [2.24, 2.45) is 11.1 Å². The van der Waals surface area contributed by atoms with Gasteiger partial charge in [-0.2, -0.15) is 5.10 Å². The lowest BCUT2D eigenvalue weighted by Crippen LogP contribution is -2.45. The third-order valence-electron chi connectivity index (χ3n) is 3.30. The first-order chi connectivity index (χ1) is 9.86. The van der Waals surface area contributed by atoms with Crippen molar-refractivity contribution in [1.82, 2.24) is 9.78 Å². The summed E-state index contributed by atoms with van der Waals surface area (Å²) in [4.78, 5) is 12.1. The van der Waals surface area contributed by atoms with E-state index in [4.69, 9.17) is 5.73 Å². The van der Waals surface area contributed by atoms with Crippen LogP contribution in [0.1, 0.15) is 26.3 Å². The highest BCUT2D eigenvalue weighted by molar-refractivity contribution is 5.94. The number of carbonyl (C=O) groups is 1. The smallest absolute Gasteiger partial charge is 0.241 e. The number of amides is 1. The number of carbonyl (C=O) groups excluding carboxylic acids is 1. The van der Waals surface area contributed by atoms with Gasteiger partial charge in [0.2, 0.25) is 5.91 Å². The number of rotatable bonds is 4. The summed E-state index contributed by atoms with van der Waals surface area (Å²) in [6.07, 6.45) is 3.44. The Morgan fingerprint density at radius 3 is 2.62 bits per heavy atom. The Bertz CT molecular complexity index is 598. The average molecular weight is 286 g/mol. The molecular formula is C16H22N4O. The zero-order valence-corrected chi connectivity index (χ0v) is 12.7. The molecule has 1 heterocycles. The molecule has 0 fully saturated rings. The average Bonchev–Trinajstić information content (AvgIpc) is 2.85. The molecule has 0 bridgehead atoms. The highest BCUT2D eigenvalue weighted by atomic mass is 16.2. The summed E-state index contributed by atoms with van der Waals surface area (Å²) in [5, 5.41) is 7.05. The Morgan fingerprint density at radius 1 is 1.33 bits per heavy atom. The zero-order valence-electron chi connectivity index (χ0n) is 12.7. The van der Waals surface area contributed by atoms with Crippen LogP contribution in [0.25, 0.3) is 0 Å². The Hall–Kier alpha value is -2.14. The van der Waals surface area contributed by atoms with Crippen LogP contribution in [0.3, 0.4) is 0 Å². The molecule has 112 valence electrons. The van der Waals surface area contributed by atoms with Crippen molar-refractivity contribution in [3.8, 4) is 0 Å². The second-order valence-electron chi connectivity index (χ2n) is 6.25. The van der Waals surface area contributed by atoms with Crippen LogP contribution in [-0.4, -0.2) is 21.7 Å². The van der Waals surface area contributed by atoms with Crippen LogP contribution in [0.5, 0.6) is 0 Å². The van der Waals surface area contributed by atoms with Crippen molar-refractivity contribution >= 4 is 11.6 Å². The Morgan fingerprint density at radius 2 is 2.00 bits per heavy atom. The molecule has 0 saturated carbocycles. The predicted octanol–water partition coefficient (Wildman–Crippen LogP) is 2.24. The van der Waals surface area contributed by atoms with Crippen molar-refractivity contribution in [2.75, 3.05) is 5.32 Å². The molecular weight excluding hydrogens is 264 g/mol. The maximum Gasteiger partial charge on any atom is 0.241 e. The molecule has 0 radical (unpaired) electrons. The third-order valence-corrected chi connectivity index (χ3v) is 3.30. The first-order valence-electron chi connectivity index (χ1n) is 6.99. The number of aromatic nitrogens is 2. The number of nitrogens with zero attached hydrogens (tertiary/aromatic N) is 2. The topological polar surface area (TPSA) is 72.9 Å². The van der Waals surface area contributed by atoms with Crippen LogP contribution < -0.4 is 11.1 Å².